The number of fused-ring (bicyclic) bond motifs is 1. The third kappa shape index (κ3) is 2.29. The Morgan fingerprint density at radius 3 is 2.57 bits per heavy atom. The van der Waals surface area contributed by atoms with Crippen LogP contribution in [0.5, 0.6) is 0 Å². The number of anilines is 1. The fourth-order valence-corrected chi connectivity index (χ4v) is 2.46. The zero-order valence-corrected chi connectivity index (χ0v) is 11.3. The molecule has 1 aliphatic rings. The topological polar surface area (TPSA) is 37.4 Å². The van der Waals surface area contributed by atoms with E-state index in [9.17, 15) is 18.4 Å². The van der Waals surface area contributed by atoms with E-state index in [-0.39, 0.29) is 23.4 Å². The van der Waals surface area contributed by atoms with E-state index in [2.05, 4.69) is 0 Å². The smallest absolute Gasteiger partial charge is 0.299 e. The Morgan fingerprint density at radius 2 is 1.81 bits per heavy atom. The minimum Gasteiger partial charge on any atom is -0.300 e. The molecule has 0 fully saturated rings. The largest absolute Gasteiger partial charge is 0.300 e. The zero-order chi connectivity index (χ0) is 15.1. The van der Waals surface area contributed by atoms with Crippen LogP contribution in [0, 0.1) is 11.6 Å². The predicted molar refractivity (Wildman–Crippen MR) is 73.3 cm³/mol. The van der Waals surface area contributed by atoms with Gasteiger partial charge in [-0.15, -0.1) is 0 Å². The number of rotatable bonds is 2. The van der Waals surface area contributed by atoms with Crippen LogP contribution >= 0.6 is 11.6 Å². The summed E-state index contributed by atoms with van der Waals surface area (Å²) in [6, 6.07) is 7.44. The number of nitrogens with zero attached hydrogens (tertiary/aromatic N) is 1. The van der Waals surface area contributed by atoms with Gasteiger partial charge < -0.3 is 4.90 Å². The highest BCUT2D eigenvalue weighted by Crippen LogP contribution is 2.31. The summed E-state index contributed by atoms with van der Waals surface area (Å²) in [5.41, 5.74) is 0.439. The Hall–Kier alpha value is -2.27. The number of carbonyl (C=O) groups is 2. The molecule has 0 atom stereocenters. The maximum Gasteiger partial charge on any atom is 0.299 e. The molecular weight excluding hydrogens is 300 g/mol. The molecule has 0 radical (unpaired) electrons. The molecule has 0 saturated carbocycles. The van der Waals surface area contributed by atoms with E-state index in [1.54, 1.807) is 0 Å². The highest BCUT2D eigenvalue weighted by atomic mass is 35.5. The van der Waals surface area contributed by atoms with Gasteiger partial charge >= 0.3 is 0 Å². The van der Waals surface area contributed by atoms with Gasteiger partial charge in [-0.25, -0.2) is 8.78 Å². The van der Waals surface area contributed by atoms with Crippen molar-refractivity contribution in [2.24, 2.45) is 0 Å². The number of benzene rings is 2. The minimum absolute atomic E-state index is 0.0116. The summed E-state index contributed by atoms with van der Waals surface area (Å²) in [5.74, 6) is -2.75. The Morgan fingerprint density at radius 1 is 1.05 bits per heavy atom. The average Bonchev–Trinajstić information content (AvgIpc) is 2.68. The van der Waals surface area contributed by atoms with Crippen molar-refractivity contribution >= 4 is 29.0 Å². The number of carbonyl (C=O) groups excluding carboxylic acids is 2. The fourth-order valence-electron chi connectivity index (χ4n) is 2.26. The summed E-state index contributed by atoms with van der Waals surface area (Å²) >= 11 is 5.80. The first-order valence-corrected chi connectivity index (χ1v) is 6.45. The first-order valence-electron chi connectivity index (χ1n) is 6.07. The van der Waals surface area contributed by atoms with Crippen LogP contribution in [0.2, 0.25) is 5.02 Å². The van der Waals surface area contributed by atoms with Gasteiger partial charge in [-0.05, 0) is 36.4 Å². The van der Waals surface area contributed by atoms with Crippen LogP contribution in [0.3, 0.4) is 0 Å². The molecule has 0 spiro atoms. The van der Waals surface area contributed by atoms with Crippen molar-refractivity contribution in [2.45, 2.75) is 6.54 Å². The maximum atomic E-state index is 13.7. The van der Waals surface area contributed by atoms with Crippen LogP contribution < -0.4 is 4.90 Å². The molecule has 2 aromatic carbocycles. The third-order valence-electron chi connectivity index (χ3n) is 3.27. The Kier molecular flexibility index (Phi) is 3.22. The van der Waals surface area contributed by atoms with E-state index in [1.807, 2.05) is 0 Å². The van der Waals surface area contributed by atoms with Crippen LogP contribution in [-0.2, 0) is 11.3 Å². The molecule has 21 heavy (non-hydrogen) atoms. The maximum absolute atomic E-state index is 13.7. The second kappa shape index (κ2) is 4.93. The van der Waals surface area contributed by atoms with Crippen molar-refractivity contribution in [2.75, 3.05) is 4.90 Å². The summed E-state index contributed by atoms with van der Waals surface area (Å²) in [6.07, 6.45) is 0. The molecule has 106 valence electrons. The summed E-state index contributed by atoms with van der Waals surface area (Å²) in [6.45, 7) is -0.143. The second-order valence-electron chi connectivity index (χ2n) is 4.62. The Labute approximate surface area is 123 Å². The van der Waals surface area contributed by atoms with Gasteiger partial charge in [0.1, 0.15) is 11.6 Å². The lowest BCUT2D eigenvalue weighted by atomic mass is 10.1. The van der Waals surface area contributed by atoms with E-state index in [4.69, 9.17) is 11.6 Å². The van der Waals surface area contributed by atoms with Gasteiger partial charge in [0.05, 0.1) is 17.8 Å². The number of hydrogen-bond acceptors (Lipinski definition) is 2. The van der Waals surface area contributed by atoms with E-state index in [0.29, 0.717) is 5.02 Å². The quantitative estimate of drug-likeness (QED) is 0.798. The molecule has 0 aliphatic carbocycles. The van der Waals surface area contributed by atoms with Gasteiger partial charge in [0.15, 0.2) is 0 Å². The van der Waals surface area contributed by atoms with Crippen molar-refractivity contribution in [3.8, 4) is 0 Å². The predicted octanol–water partition coefficient (Wildman–Crippen LogP) is 3.35. The fraction of sp³-hybridized carbons (Fsp3) is 0.0667. The van der Waals surface area contributed by atoms with Gasteiger partial charge in [-0.3, -0.25) is 9.59 Å². The van der Waals surface area contributed by atoms with Gasteiger partial charge in [-0.1, -0.05) is 11.6 Å². The summed E-state index contributed by atoms with van der Waals surface area (Å²) in [7, 11) is 0. The van der Waals surface area contributed by atoms with Crippen LogP contribution in [-0.4, -0.2) is 11.7 Å². The van der Waals surface area contributed by atoms with E-state index in [0.717, 1.165) is 17.0 Å². The van der Waals surface area contributed by atoms with Gasteiger partial charge in [0.25, 0.3) is 11.7 Å². The molecule has 0 aromatic heterocycles. The molecule has 3 rings (SSSR count). The lowest BCUT2D eigenvalue weighted by Gasteiger charge is -2.17. The molecule has 0 bridgehead atoms. The molecule has 3 nitrogen and oxygen atoms in total. The van der Waals surface area contributed by atoms with Gasteiger partial charge in [-0.2, -0.15) is 0 Å². The van der Waals surface area contributed by atoms with Gasteiger partial charge in [0.2, 0.25) is 0 Å². The molecule has 1 amide bonds. The molecule has 1 heterocycles. The third-order valence-corrected chi connectivity index (χ3v) is 3.50. The van der Waals surface area contributed by atoms with Crippen molar-refractivity contribution in [3.05, 3.63) is 64.2 Å². The lowest BCUT2D eigenvalue weighted by molar-refractivity contribution is -0.114. The van der Waals surface area contributed by atoms with Crippen molar-refractivity contribution in [1.29, 1.82) is 0 Å². The van der Waals surface area contributed by atoms with Crippen molar-refractivity contribution in [1.82, 2.24) is 0 Å². The van der Waals surface area contributed by atoms with E-state index < -0.39 is 23.3 Å². The van der Waals surface area contributed by atoms with Crippen LogP contribution in [0.15, 0.2) is 36.4 Å². The normalized spacial score (nSPS) is 13.8. The molecule has 1 aliphatic heterocycles. The summed E-state index contributed by atoms with van der Waals surface area (Å²) in [5, 5.41) is 0.323. The molecule has 0 saturated heterocycles. The molecular formula is C15H8ClF2NO2. The minimum atomic E-state index is -0.810. The van der Waals surface area contributed by atoms with E-state index >= 15 is 0 Å². The monoisotopic (exact) mass is 307 g/mol. The standard InChI is InChI=1S/C15H8ClF2NO2/c16-9-1-3-12(18)8(5-9)7-19-13-4-2-10(17)6-11(13)14(20)15(19)21/h1-6H,7H2. The summed E-state index contributed by atoms with van der Waals surface area (Å²) in [4.78, 5) is 24.9. The molecule has 6 heteroatoms. The number of amides is 1. The zero-order valence-electron chi connectivity index (χ0n) is 10.6. The van der Waals surface area contributed by atoms with Crippen LogP contribution in [0.1, 0.15) is 15.9 Å². The SMILES string of the molecule is O=C1C(=O)N(Cc2cc(Cl)ccc2F)c2ccc(F)cc21. The van der Waals surface area contributed by atoms with Crippen molar-refractivity contribution < 1.29 is 18.4 Å². The summed E-state index contributed by atoms with van der Waals surface area (Å²) < 4.78 is 26.9. The second-order valence-corrected chi connectivity index (χ2v) is 5.05. The number of hydrogen-bond donors (Lipinski definition) is 0. The number of ketones is 1. The highest BCUT2D eigenvalue weighted by molar-refractivity contribution is 6.52. The first kappa shape index (κ1) is 13.7. The molecule has 0 unspecified atom stereocenters. The first-order chi connectivity index (χ1) is 9.97. The Bertz CT molecular complexity index is 776. The highest BCUT2D eigenvalue weighted by Gasteiger charge is 2.36. The molecule has 0 N–H and O–H groups in total. The van der Waals surface area contributed by atoms with Crippen molar-refractivity contribution in [3.63, 3.8) is 0 Å². The van der Waals surface area contributed by atoms with Gasteiger partial charge in [0, 0.05) is 10.6 Å². The van der Waals surface area contributed by atoms with E-state index in [1.165, 1.54) is 24.3 Å². The van der Waals surface area contributed by atoms with Crippen LogP contribution in [0.25, 0.3) is 0 Å². The number of Topliss-reactive ketones (excluding diaryl/α,β-unsaturated/α-hetero) is 1. The number of halogens is 3. The van der Waals surface area contributed by atoms with Crippen LogP contribution in [0.4, 0.5) is 14.5 Å². The molecule has 2 aromatic rings. The lowest BCUT2D eigenvalue weighted by Crippen LogP contribution is -2.29. The average molecular weight is 308 g/mol. The Balaban J connectivity index is 2.02.